The Morgan fingerprint density at radius 2 is 2.09 bits per heavy atom. The van der Waals surface area contributed by atoms with Gasteiger partial charge in [0, 0.05) is 5.70 Å². The van der Waals surface area contributed by atoms with E-state index in [1.54, 1.807) is 25.5 Å². The number of ether oxygens (including phenoxy) is 2. The predicted molar refractivity (Wildman–Crippen MR) is 125 cm³/mol. The summed E-state index contributed by atoms with van der Waals surface area (Å²) in [4.78, 5) is 32.3. The summed E-state index contributed by atoms with van der Waals surface area (Å²) in [5.41, 5.74) is 2.73. The summed E-state index contributed by atoms with van der Waals surface area (Å²) in [7, 11) is 2.96. The Balaban J connectivity index is 1.67. The number of allylic oxidation sites excluding steroid dienone is 1. The van der Waals surface area contributed by atoms with Crippen molar-refractivity contribution in [1.29, 1.82) is 0 Å². The predicted octanol–water partition coefficient (Wildman–Crippen LogP) is 4.13. The van der Waals surface area contributed by atoms with E-state index in [2.05, 4.69) is 5.32 Å². The third kappa shape index (κ3) is 4.68. The van der Waals surface area contributed by atoms with Crippen LogP contribution < -0.4 is 10.1 Å². The number of aliphatic imine (C=N–C) groups is 1. The van der Waals surface area contributed by atoms with E-state index in [-0.39, 0.29) is 12.3 Å². The highest BCUT2D eigenvalue weighted by Gasteiger charge is 2.41. The van der Waals surface area contributed by atoms with E-state index in [4.69, 9.17) is 18.9 Å². The van der Waals surface area contributed by atoms with Gasteiger partial charge in [-0.25, -0.2) is 9.79 Å². The molecule has 0 aliphatic carbocycles. The molecule has 0 saturated heterocycles. The third-order valence-electron chi connectivity index (χ3n) is 5.42. The Bertz CT molecular complexity index is 1140. The van der Waals surface area contributed by atoms with Crippen LogP contribution in [0, 0.1) is 0 Å². The maximum absolute atomic E-state index is 12.9. The van der Waals surface area contributed by atoms with E-state index < -0.39 is 12.0 Å². The number of amidine groups is 1. The van der Waals surface area contributed by atoms with Crippen molar-refractivity contribution in [2.24, 2.45) is 4.99 Å². The fourth-order valence-corrected chi connectivity index (χ4v) is 4.80. The first kappa shape index (κ1) is 22.7. The number of carbonyl (C=O) groups excluding carboxylic acids is 2. The molecule has 9 heteroatoms. The number of hydrogen-bond acceptors (Lipinski definition) is 8. The van der Waals surface area contributed by atoms with E-state index in [0.29, 0.717) is 35.7 Å². The van der Waals surface area contributed by atoms with Crippen LogP contribution in [-0.2, 0) is 20.9 Å². The minimum Gasteiger partial charge on any atom is -0.497 e. The van der Waals surface area contributed by atoms with Gasteiger partial charge < -0.3 is 24.1 Å². The van der Waals surface area contributed by atoms with Crippen LogP contribution >= 0.6 is 11.8 Å². The van der Waals surface area contributed by atoms with Crippen molar-refractivity contribution >= 4 is 28.8 Å². The third-order valence-corrected chi connectivity index (χ3v) is 6.31. The van der Waals surface area contributed by atoms with Crippen molar-refractivity contribution in [2.75, 3.05) is 14.2 Å². The van der Waals surface area contributed by atoms with Crippen LogP contribution in [0.5, 0.6) is 5.75 Å². The first-order valence-corrected chi connectivity index (χ1v) is 11.4. The first-order valence-electron chi connectivity index (χ1n) is 10.5. The number of nitrogens with one attached hydrogen (secondary N) is 1. The Hall–Kier alpha value is -3.46. The highest BCUT2D eigenvalue weighted by molar-refractivity contribution is 8.16. The number of benzene rings is 1. The molecule has 0 radical (unpaired) electrons. The molecule has 0 unspecified atom stereocenters. The summed E-state index contributed by atoms with van der Waals surface area (Å²) in [6.07, 6.45) is 2.27. The van der Waals surface area contributed by atoms with E-state index in [1.807, 2.05) is 41.5 Å². The highest BCUT2D eigenvalue weighted by Crippen LogP contribution is 2.45. The summed E-state index contributed by atoms with van der Waals surface area (Å²) < 4.78 is 15.8. The zero-order valence-corrected chi connectivity index (χ0v) is 19.5. The number of nitrogens with zero attached hydrogens (tertiary/aromatic N) is 2. The second kappa shape index (κ2) is 9.99. The molecular weight excluding hydrogens is 442 g/mol. The fourth-order valence-electron chi connectivity index (χ4n) is 3.87. The van der Waals surface area contributed by atoms with E-state index in [1.165, 1.54) is 18.9 Å². The second-order valence-electron chi connectivity index (χ2n) is 7.41. The van der Waals surface area contributed by atoms with Crippen molar-refractivity contribution in [1.82, 2.24) is 10.2 Å². The molecule has 0 saturated carbocycles. The summed E-state index contributed by atoms with van der Waals surface area (Å²) >= 11 is 1.44. The van der Waals surface area contributed by atoms with Gasteiger partial charge in [0.25, 0.3) is 0 Å². The number of hydrogen-bond donors (Lipinski definition) is 1. The molecule has 0 bridgehead atoms. The number of thioether (sulfide) groups is 1. The quantitative estimate of drug-likeness (QED) is 0.584. The SMILES string of the molecule is CCC1=C(C(=O)OC)[C@H](c2cccc(OC)c2)N2C(CC(=O)NCc3ccco3)=CSC2=N1. The topological polar surface area (TPSA) is 93.4 Å². The molecule has 3 heterocycles. The maximum Gasteiger partial charge on any atom is 0.338 e. The number of fused-ring (bicyclic) bond motifs is 1. The van der Waals surface area contributed by atoms with Crippen molar-refractivity contribution < 1.29 is 23.5 Å². The average molecular weight is 468 g/mol. The smallest absolute Gasteiger partial charge is 0.338 e. The summed E-state index contributed by atoms with van der Waals surface area (Å²) in [6.45, 7) is 2.26. The Kier molecular flexibility index (Phi) is 6.88. The van der Waals surface area contributed by atoms with Gasteiger partial charge >= 0.3 is 5.97 Å². The monoisotopic (exact) mass is 467 g/mol. The van der Waals surface area contributed by atoms with Crippen LogP contribution in [0.15, 0.2) is 74.4 Å². The standard InChI is InChI=1S/C24H25N3O5S/c1-4-19-21(23(29)31-3)22(15-7-5-8-17(11-15)30-2)27-16(14-33-24(27)26-19)12-20(28)25-13-18-9-6-10-32-18/h5-11,14,22H,4,12-13H2,1-3H3,(H,25,28)/t22-/m0/s1. The minimum atomic E-state index is -0.492. The lowest BCUT2D eigenvalue weighted by Crippen LogP contribution is -2.38. The number of esters is 1. The van der Waals surface area contributed by atoms with Gasteiger partial charge in [0.2, 0.25) is 5.91 Å². The lowest BCUT2D eigenvalue weighted by atomic mass is 9.92. The van der Waals surface area contributed by atoms with Crippen LogP contribution in [0.2, 0.25) is 0 Å². The molecule has 33 heavy (non-hydrogen) atoms. The van der Waals surface area contributed by atoms with Gasteiger partial charge in [0.15, 0.2) is 5.17 Å². The number of methoxy groups -OCH3 is 2. The fraction of sp³-hybridized carbons (Fsp3) is 0.292. The molecule has 0 fully saturated rings. The molecule has 1 atom stereocenters. The Morgan fingerprint density at radius 1 is 1.24 bits per heavy atom. The average Bonchev–Trinajstić information content (AvgIpc) is 3.51. The van der Waals surface area contributed by atoms with E-state index >= 15 is 0 Å². The molecule has 1 amide bonds. The van der Waals surface area contributed by atoms with Gasteiger partial charge in [0.1, 0.15) is 11.5 Å². The normalized spacial score (nSPS) is 17.3. The molecule has 8 nitrogen and oxygen atoms in total. The van der Waals surface area contributed by atoms with Crippen LogP contribution in [0.1, 0.15) is 37.1 Å². The van der Waals surface area contributed by atoms with Crippen molar-refractivity contribution in [3.05, 3.63) is 76.4 Å². The molecule has 1 aromatic heterocycles. The lowest BCUT2D eigenvalue weighted by Gasteiger charge is -2.36. The number of carbonyl (C=O) groups is 2. The van der Waals surface area contributed by atoms with Crippen molar-refractivity contribution in [2.45, 2.75) is 32.4 Å². The minimum absolute atomic E-state index is 0.128. The molecule has 2 aliphatic rings. The molecule has 1 N–H and O–H groups in total. The molecule has 4 rings (SSSR count). The molecule has 0 spiro atoms. The summed E-state index contributed by atoms with van der Waals surface area (Å²) in [5, 5.41) is 5.50. The number of rotatable bonds is 8. The summed E-state index contributed by atoms with van der Waals surface area (Å²) in [5.74, 6) is 0.748. The zero-order valence-electron chi connectivity index (χ0n) is 18.7. The van der Waals surface area contributed by atoms with E-state index in [0.717, 1.165) is 16.4 Å². The van der Waals surface area contributed by atoms with Crippen LogP contribution in [0.25, 0.3) is 0 Å². The van der Waals surface area contributed by atoms with Crippen LogP contribution in [-0.4, -0.2) is 36.2 Å². The van der Waals surface area contributed by atoms with Gasteiger partial charge in [-0.2, -0.15) is 0 Å². The van der Waals surface area contributed by atoms with Gasteiger partial charge in [-0.3, -0.25) is 4.79 Å². The van der Waals surface area contributed by atoms with E-state index in [9.17, 15) is 9.59 Å². The summed E-state index contributed by atoms with van der Waals surface area (Å²) in [6, 6.07) is 10.6. The number of furan rings is 1. The maximum atomic E-state index is 12.9. The van der Waals surface area contributed by atoms with Crippen LogP contribution in [0.3, 0.4) is 0 Å². The van der Waals surface area contributed by atoms with Crippen molar-refractivity contribution in [3.63, 3.8) is 0 Å². The lowest BCUT2D eigenvalue weighted by molar-refractivity contribution is -0.136. The Morgan fingerprint density at radius 3 is 2.79 bits per heavy atom. The molecule has 2 aliphatic heterocycles. The highest BCUT2D eigenvalue weighted by atomic mass is 32.2. The molecule has 1 aromatic carbocycles. The van der Waals surface area contributed by atoms with Gasteiger partial charge in [-0.05, 0) is 41.7 Å². The van der Waals surface area contributed by atoms with Gasteiger partial charge in [-0.1, -0.05) is 30.8 Å². The molecule has 172 valence electrons. The Labute approximate surface area is 196 Å². The van der Waals surface area contributed by atoms with Crippen molar-refractivity contribution in [3.8, 4) is 5.75 Å². The largest absolute Gasteiger partial charge is 0.497 e. The molecular formula is C24H25N3O5S. The second-order valence-corrected chi connectivity index (χ2v) is 8.25. The first-order chi connectivity index (χ1) is 16.0. The van der Waals surface area contributed by atoms with Gasteiger partial charge in [0.05, 0.1) is 50.8 Å². The zero-order chi connectivity index (χ0) is 23.4. The number of amides is 1. The van der Waals surface area contributed by atoms with Crippen LogP contribution in [0.4, 0.5) is 0 Å². The molecule has 2 aromatic rings. The van der Waals surface area contributed by atoms with Gasteiger partial charge in [-0.15, -0.1) is 0 Å².